The molecule has 0 aromatic heterocycles. The minimum atomic E-state index is 0.874. The number of nitrogens with one attached hydrogen (secondary N) is 1. The molecule has 0 saturated heterocycles. The number of fused-ring (bicyclic) bond motifs is 1. The molecular formula is C11H13BrN2. The van der Waals surface area contributed by atoms with Crippen LogP contribution in [0.2, 0.25) is 0 Å². The highest BCUT2D eigenvalue weighted by atomic mass is 79.9. The van der Waals surface area contributed by atoms with Crippen LogP contribution in [0.15, 0.2) is 35.3 Å². The minimum Gasteiger partial charge on any atom is -0.382 e. The van der Waals surface area contributed by atoms with Gasteiger partial charge in [-0.2, -0.15) is 0 Å². The van der Waals surface area contributed by atoms with E-state index >= 15 is 0 Å². The topological polar surface area (TPSA) is 15.3 Å². The Hall–Kier alpha value is -0.960. The first-order valence-corrected chi connectivity index (χ1v) is 5.48. The molecule has 0 radical (unpaired) electrons. The zero-order chi connectivity index (χ0) is 9.97. The molecule has 14 heavy (non-hydrogen) atoms. The van der Waals surface area contributed by atoms with Gasteiger partial charge in [0.2, 0.25) is 0 Å². The Morgan fingerprint density at radius 2 is 2.29 bits per heavy atom. The summed E-state index contributed by atoms with van der Waals surface area (Å²) in [6.07, 6.45) is 0. The number of nitrogens with zero attached hydrogens (tertiary/aromatic N) is 1. The van der Waals surface area contributed by atoms with Gasteiger partial charge in [0.15, 0.2) is 0 Å². The van der Waals surface area contributed by atoms with E-state index in [1.165, 1.54) is 11.4 Å². The molecule has 0 amide bonds. The first-order valence-electron chi connectivity index (χ1n) is 4.68. The molecular weight excluding hydrogens is 240 g/mol. The Labute approximate surface area is 92.7 Å². The van der Waals surface area contributed by atoms with Crippen molar-refractivity contribution >= 4 is 27.3 Å². The Morgan fingerprint density at radius 1 is 1.50 bits per heavy atom. The lowest BCUT2D eigenvalue weighted by Crippen LogP contribution is -2.34. The van der Waals surface area contributed by atoms with E-state index in [2.05, 4.69) is 57.0 Å². The number of halogens is 1. The first-order chi connectivity index (χ1) is 6.77. The fraction of sp³-hybridized carbons (Fsp3) is 0.273. The predicted molar refractivity (Wildman–Crippen MR) is 65.2 cm³/mol. The van der Waals surface area contributed by atoms with Crippen molar-refractivity contribution < 1.29 is 0 Å². The lowest BCUT2D eigenvalue weighted by atomic mass is 10.2. The van der Waals surface area contributed by atoms with Crippen molar-refractivity contribution in [1.29, 1.82) is 0 Å². The Balaban J connectivity index is 2.26. The normalized spacial score (nSPS) is 14.5. The number of hydrogen-bond donors (Lipinski definition) is 1. The summed E-state index contributed by atoms with van der Waals surface area (Å²) >= 11 is 3.41. The third-order valence-corrected chi connectivity index (χ3v) is 2.56. The van der Waals surface area contributed by atoms with Crippen LogP contribution < -0.4 is 10.2 Å². The fourth-order valence-corrected chi connectivity index (χ4v) is 2.02. The number of rotatable bonds is 2. The molecule has 2 rings (SSSR count). The van der Waals surface area contributed by atoms with E-state index in [1.807, 2.05) is 0 Å². The molecule has 2 nitrogen and oxygen atoms in total. The maximum absolute atomic E-state index is 3.88. The fourth-order valence-electron chi connectivity index (χ4n) is 1.72. The minimum absolute atomic E-state index is 0.874. The Kier molecular flexibility index (Phi) is 2.77. The van der Waals surface area contributed by atoms with Gasteiger partial charge in [0.05, 0.1) is 11.4 Å². The van der Waals surface area contributed by atoms with Crippen LogP contribution in [0.25, 0.3) is 0 Å². The maximum Gasteiger partial charge on any atom is 0.0605 e. The third kappa shape index (κ3) is 1.93. The average Bonchev–Trinajstić information content (AvgIpc) is 2.18. The van der Waals surface area contributed by atoms with E-state index in [4.69, 9.17) is 0 Å². The molecule has 74 valence electrons. The molecule has 1 aromatic rings. The number of para-hydroxylation sites is 2. The summed E-state index contributed by atoms with van der Waals surface area (Å²) in [5.41, 5.74) is 2.48. The molecule has 0 fully saturated rings. The number of hydrogen-bond acceptors (Lipinski definition) is 2. The number of benzene rings is 1. The van der Waals surface area contributed by atoms with Crippen molar-refractivity contribution in [2.45, 2.75) is 0 Å². The van der Waals surface area contributed by atoms with Crippen molar-refractivity contribution in [2.75, 3.05) is 29.9 Å². The molecule has 1 aliphatic rings. The van der Waals surface area contributed by atoms with Crippen molar-refractivity contribution in [2.24, 2.45) is 0 Å². The van der Waals surface area contributed by atoms with Crippen molar-refractivity contribution in [3.05, 3.63) is 35.3 Å². The maximum atomic E-state index is 3.88. The zero-order valence-electron chi connectivity index (χ0n) is 7.96. The molecule has 1 aliphatic heterocycles. The SMILES string of the molecule is C=C(Br)CN1CCNc2ccccc21. The quantitative estimate of drug-likeness (QED) is 0.871. The van der Waals surface area contributed by atoms with Gasteiger partial charge in [-0.05, 0) is 12.1 Å². The van der Waals surface area contributed by atoms with E-state index in [9.17, 15) is 0 Å². The van der Waals surface area contributed by atoms with E-state index in [0.717, 1.165) is 24.1 Å². The summed E-state index contributed by atoms with van der Waals surface area (Å²) in [7, 11) is 0. The van der Waals surface area contributed by atoms with Gasteiger partial charge >= 0.3 is 0 Å². The molecule has 0 saturated carbocycles. The Morgan fingerprint density at radius 3 is 3.07 bits per heavy atom. The summed E-state index contributed by atoms with van der Waals surface area (Å²) in [5.74, 6) is 0. The van der Waals surface area contributed by atoms with Gasteiger partial charge in [-0.25, -0.2) is 0 Å². The lowest BCUT2D eigenvalue weighted by Gasteiger charge is -2.31. The molecule has 0 spiro atoms. The van der Waals surface area contributed by atoms with Crippen LogP contribution in [-0.2, 0) is 0 Å². The summed E-state index contributed by atoms with van der Waals surface area (Å²) in [4.78, 5) is 2.32. The number of anilines is 2. The molecule has 1 heterocycles. The highest BCUT2D eigenvalue weighted by Crippen LogP contribution is 2.29. The van der Waals surface area contributed by atoms with Crippen LogP contribution in [0.5, 0.6) is 0 Å². The van der Waals surface area contributed by atoms with Crippen LogP contribution in [0.1, 0.15) is 0 Å². The van der Waals surface area contributed by atoms with Gasteiger partial charge < -0.3 is 10.2 Å². The molecule has 0 unspecified atom stereocenters. The molecule has 0 bridgehead atoms. The van der Waals surface area contributed by atoms with E-state index in [1.54, 1.807) is 0 Å². The molecule has 1 N–H and O–H groups in total. The van der Waals surface area contributed by atoms with Gasteiger partial charge in [-0.3, -0.25) is 0 Å². The van der Waals surface area contributed by atoms with E-state index < -0.39 is 0 Å². The van der Waals surface area contributed by atoms with Crippen molar-refractivity contribution in [3.63, 3.8) is 0 Å². The highest BCUT2D eigenvalue weighted by molar-refractivity contribution is 9.11. The second kappa shape index (κ2) is 4.05. The average molecular weight is 253 g/mol. The molecule has 0 aliphatic carbocycles. The predicted octanol–water partition coefficient (Wildman–Crippen LogP) is 2.83. The largest absolute Gasteiger partial charge is 0.382 e. The second-order valence-corrected chi connectivity index (χ2v) is 4.50. The monoisotopic (exact) mass is 252 g/mol. The zero-order valence-corrected chi connectivity index (χ0v) is 9.55. The summed E-state index contributed by atoms with van der Waals surface area (Å²) in [6.45, 7) is 6.78. The standard InChI is InChI=1S/C11H13BrN2/c1-9(12)8-14-7-6-13-10-4-2-3-5-11(10)14/h2-5,13H,1,6-8H2. The van der Waals surface area contributed by atoms with Gasteiger partial charge in [-0.1, -0.05) is 34.6 Å². The van der Waals surface area contributed by atoms with Crippen LogP contribution in [0.4, 0.5) is 11.4 Å². The molecule has 0 atom stereocenters. The van der Waals surface area contributed by atoms with Crippen LogP contribution in [0, 0.1) is 0 Å². The first kappa shape index (κ1) is 9.59. The smallest absolute Gasteiger partial charge is 0.0605 e. The Bertz CT molecular complexity index is 349. The van der Waals surface area contributed by atoms with Gasteiger partial charge in [0, 0.05) is 24.1 Å². The summed E-state index contributed by atoms with van der Waals surface area (Å²) in [5, 5.41) is 3.38. The van der Waals surface area contributed by atoms with E-state index in [-0.39, 0.29) is 0 Å². The highest BCUT2D eigenvalue weighted by Gasteiger charge is 2.15. The molecule has 1 aromatic carbocycles. The third-order valence-electron chi connectivity index (χ3n) is 2.30. The van der Waals surface area contributed by atoms with Crippen molar-refractivity contribution in [1.82, 2.24) is 0 Å². The van der Waals surface area contributed by atoms with Crippen LogP contribution in [-0.4, -0.2) is 19.6 Å². The second-order valence-electron chi connectivity index (χ2n) is 3.38. The van der Waals surface area contributed by atoms with Gasteiger partial charge in [-0.15, -0.1) is 0 Å². The molecule has 3 heteroatoms. The van der Waals surface area contributed by atoms with Crippen LogP contribution in [0.3, 0.4) is 0 Å². The van der Waals surface area contributed by atoms with Gasteiger partial charge in [0.1, 0.15) is 0 Å². The van der Waals surface area contributed by atoms with Crippen molar-refractivity contribution in [3.8, 4) is 0 Å². The summed E-state index contributed by atoms with van der Waals surface area (Å²) in [6, 6.07) is 8.37. The van der Waals surface area contributed by atoms with Crippen LogP contribution >= 0.6 is 15.9 Å². The van der Waals surface area contributed by atoms with E-state index in [0.29, 0.717) is 0 Å². The lowest BCUT2D eigenvalue weighted by molar-refractivity contribution is 0.841. The summed E-state index contributed by atoms with van der Waals surface area (Å²) < 4.78 is 1.02. The van der Waals surface area contributed by atoms with Gasteiger partial charge in [0.25, 0.3) is 0 Å².